The van der Waals surface area contributed by atoms with E-state index in [9.17, 15) is 4.79 Å². The molecule has 0 fully saturated rings. The molecule has 1 unspecified atom stereocenters. The number of nitrogens with one attached hydrogen (secondary N) is 3. The van der Waals surface area contributed by atoms with Gasteiger partial charge in [-0.05, 0) is 18.7 Å². The fraction of sp³-hybridized carbons (Fsp3) is 0.619. The van der Waals surface area contributed by atoms with E-state index < -0.39 is 0 Å². The van der Waals surface area contributed by atoms with Crippen molar-refractivity contribution in [3.05, 3.63) is 35.9 Å². The monoisotopic (exact) mass is 503 g/mol. The standard InChI is InChI=1S/C21H37N5O.HI/c1-7-26(8-2)18(17-12-10-9-11-13-17)16-25-20(22-6)24-15-14-23-19(27)21(3,4)5;/h9-13,18H,7-8,14-16H2,1-6H3,(H,23,27)(H2,22,24,25);1H. The number of hydrogen-bond acceptors (Lipinski definition) is 3. The minimum atomic E-state index is -0.368. The zero-order valence-corrected chi connectivity index (χ0v) is 20.5. The number of carbonyl (C=O) groups is 1. The van der Waals surface area contributed by atoms with Crippen molar-refractivity contribution >= 4 is 35.8 Å². The van der Waals surface area contributed by atoms with Crippen molar-refractivity contribution in [1.29, 1.82) is 0 Å². The van der Waals surface area contributed by atoms with Crippen LogP contribution >= 0.6 is 24.0 Å². The number of halogens is 1. The molecule has 28 heavy (non-hydrogen) atoms. The second-order valence-electron chi connectivity index (χ2n) is 7.53. The summed E-state index contributed by atoms with van der Waals surface area (Å²) in [6.07, 6.45) is 0. The fourth-order valence-corrected chi connectivity index (χ4v) is 2.83. The van der Waals surface area contributed by atoms with Gasteiger partial charge in [-0.25, -0.2) is 0 Å². The second-order valence-corrected chi connectivity index (χ2v) is 7.53. The molecule has 1 aromatic carbocycles. The third-order valence-electron chi connectivity index (χ3n) is 4.51. The summed E-state index contributed by atoms with van der Waals surface area (Å²) in [5, 5.41) is 9.62. The van der Waals surface area contributed by atoms with E-state index in [2.05, 4.69) is 64.0 Å². The molecule has 0 saturated heterocycles. The van der Waals surface area contributed by atoms with Gasteiger partial charge in [-0.3, -0.25) is 14.7 Å². The van der Waals surface area contributed by atoms with Gasteiger partial charge in [0.1, 0.15) is 0 Å². The van der Waals surface area contributed by atoms with Crippen LogP contribution in [0, 0.1) is 5.41 Å². The van der Waals surface area contributed by atoms with E-state index in [0.717, 1.165) is 25.6 Å². The highest BCUT2D eigenvalue weighted by atomic mass is 127. The molecule has 160 valence electrons. The number of carbonyl (C=O) groups excluding carboxylic acids is 1. The summed E-state index contributed by atoms with van der Waals surface area (Å²) in [5.41, 5.74) is 0.925. The molecule has 0 aliphatic carbocycles. The fourth-order valence-electron chi connectivity index (χ4n) is 2.83. The van der Waals surface area contributed by atoms with Gasteiger partial charge < -0.3 is 16.0 Å². The quantitative estimate of drug-likeness (QED) is 0.210. The Balaban J connectivity index is 0.00000729. The Hall–Kier alpha value is -1.35. The maximum atomic E-state index is 11.9. The highest BCUT2D eigenvalue weighted by Gasteiger charge is 2.20. The zero-order valence-electron chi connectivity index (χ0n) is 18.2. The van der Waals surface area contributed by atoms with Crippen molar-refractivity contribution in [2.45, 2.75) is 40.7 Å². The van der Waals surface area contributed by atoms with Crippen LogP contribution in [0.4, 0.5) is 0 Å². The van der Waals surface area contributed by atoms with Gasteiger partial charge >= 0.3 is 0 Å². The molecule has 0 aliphatic heterocycles. The van der Waals surface area contributed by atoms with Crippen LogP contribution in [0.3, 0.4) is 0 Å². The summed E-state index contributed by atoms with van der Waals surface area (Å²) in [6, 6.07) is 10.8. The molecule has 0 saturated carbocycles. The molecule has 0 radical (unpaired) electrons. The molecular weight excluding hydrogens is 465 g/mol. The second kappa shape index (κ2) is 13.8. The number of amides is 1. The van der Waals surface area contributed by atoms with Crippen molar-refractivity contribution in [3.8, 4) is 0 Å². The number of hydrogen-bond donors (Lipinski definition) is 3. The molecule has 6 nitrogen and oxygen atoms in total. The molecule has 0 spiro atoms. The highest BCUT2D eigenvalue weighted by molar-refractivity contribution is 14.0. The molecule has 1 atom stereocenters. The molecule has 0 aromatic heterocycles. The average Bonchev–Trinajstić information content (AvgIpc) is 2.66. The highest BCUT2D eigenvalue weighted by Crippen LogP contribution is 2.19. The molecule has 1 aromatic rings. The average molecular weight is 503 g/mol. The lowest BCUT2D eigenvalue weighted by atomic mass is 9.96. The van der Waals surface area contributed by atoms with Crippen molar-refractivity contribution in [2.24, 2.45) is 10.4 Å². The minimum absolute atomic E-state index is 0. The largest absolute Gasteiger partial charge is 0.355 e. The number of nitrogens with zero attached hydrogens (tertiary/aromatic N) is 2. The predicted molar refractivity (Wildman–Crippen MR) is 129 cm³/mol. The van der Waals surface area contributed by atoms with Crippen LogP contribution in [0.15, 0.2) is 35.3 Å². The van der Waals surface area contributed by atoms with Crippen molar-refractivity contribution in [2.75, 3.05) is 39.8 Å². The third-order valence-corrected chi connectivity index (χ3v) is 4.51. The first-order valence-corrected chi connectivity index (χ1v) is 9.85. The van der Waals surface area contributed by atoms with Gasteiger partial charge in [0.15, 0.2) is 5.96 Å². The molecule has 0 bridgehead atoms. The van der Waals surface area contributed by atoms with E-state index in [0.29, 0.717) is 13.1 Å². The topological polar surface area (TPSA) is 68.8 Å². The summed E-state index contributed by atoms with van der Waals surface area (Å²) >= 11 is 0. The lowest BCUT2D eigenvalue weighted by molar-refractivity contribution is -0.128. The predicted octanol–water partition coefficient (Wildman–Crippen LogP) is 3.01. The van der Waals surface area contributed by atoms with Gasteiger partial charge in [0.2, 0.25) is 5.91 Å². The zero-order chi connectivity index (χ0) is 20.3. The van der Waals surface area contributed by atoms with Gasteiger partial charge in [0, 0.05) is 32.1 Å². The van der Waals surface area contributed by atoms with Crippen molar-refractivity contribution in [3.63, 3.8) is 0 Å². The first-order valence-electron chi connectivity index (χ1n) is 9.85. The summed E-state index contributed by atoms with van der Waals surface area (Å²) in [7, 11) is 1.76. The van der Waals surface area contributed by atoms with Gasteiger partial charge in [-0.1, -0.05) is 65.0 Å². The van der Waals surface area contributed by atoms with Crippen LogP contribution in [0.5, 0.6) is 0 Å². The molecule has 1 rings (SSSR count). The van der Waals surface area contributed by atoms with E-state index in [1.54, 1.807) is 7.05 Å². The molecule has 7 heteroatoms. The Kier molecular flexibility index (Phi) is 13.1. The van der Waals surface area contributed by atoms with Crippen LogP contribution in [0.2, 0.25) is 0 Å². The smallest absolute Gasteiger partial charge is 0.225 e. The SMILES string of the molecule is CCN(CC)C(CNC(=NC)NCCNC(=O)C(C)(C)C)c1ccccc1.I. The van der Waals surface area contributed by atoms with Crippen LogP contribution in [-0.2, 0) is 4.79 Å². The van der Waals surface area contributed by atoms with Crippen LogP contribution < -0.4 is 16.0 Å². The van der Waals surface area contributed by atoms with E-state index >= 15 is 0 Å². The normalized spacial score (nSPS) is 12.9. The van der Waals surface area contributed by atoms with E-state index in [4.69, 9.17) is 0 Å². The summed E-state index contributed by atoms with van der Waals surface area (Å²) in [4.78, 5) is 18.6. The summed E-state index contributed by atoms with van der Waals surface area (Å²) < 4.78 is 0. The Morgan fingerprint density at radius 3 is 2.11 bits per heavy atom. The Bertz CT molecular complexity index is 582. The number of guanidine groups is 1. The maximum Gasteiger partial charge on any atom is 0.225 e. The number of rotatable bonds is 9. The van der Waals surface area contributed by atoms with E-state index in [1.807, 2.05) is 26.8 Å². The maximum absolute atomic E-state index is 11.9. The van der Waals surface area contributed by atoms with Crippen molar-refractivity contribution < 1.29 is 4.79 Å². The number of likely N-dealkylation sites (N-methyl/N-ethyl adjacent to an activating group) is 1. The van der Waals surface area contributed by atoms with Crippen molar-refractivity contribution in [1.82, 2.24) is 20.9 Å². The van der Waals surface area contributed by atoms with Crippen LogP contribution in [0.1, 0.15) is 46.2 Å². The first-order chi connectivity index (χ1) is 12.8. The van der Waals surface area contributed by atoms with Gasteiger partial charge in [-0.2, -0.15) is 0 Å². The van der Waals surface area contributed by atoms with Gasteiger partial charge in [-0.15, -0.1) is 24.0 Å². The Labute approximate surface area is 188 Å². The summed E-state index contributed by atoms with van der Waals surface area (Å²) in [6.45, 7) is 14.0. The lowest BCUT2D eigenvalue weighted by Gasteiger charge is -2.30. The van der Waals surface area contributed by atoms with E-state index in [-0.39, 0.29) is 41.3 Å². The van der Waals surface area contributed by atoms with E-state index in [1.165, 1.54) is 5.56 Å². The molecular formula is C21H38IN5O. The van der Waals surface area contributed by atoms with Gasteiger partial charge in [0.05, 0.1) is 6.04 Å². The molecule has 0 heterocycles. The number of benzene rings is 1. The van der Waals surface area contributed by atoms with Gasteiger partial charge in [0.25, 0.3) is 0 Å². The van der Waals surface area contributed by atoms with Crippen LogP contribution in [-0.4, -0.2) is 56.5 Å². The molecule has 1 amide bonds. The lowest BCUT2D eigenvalue weighted by Crippen LogP contribution is -2.46. The Morgan fingerprint density at radius 1 is 1.04 bits per heavy atom. The first kappa shape index (κ1) is 26.6. The summed E-state index contributed by atoms with van der Waals surface area (Å²) in [5.74, 6) is 0.797. The van der Waals surface area contributed by atoms with Crippen LogP contribution in [0.25, 0.3) is 0 Å². The molecule has 0 aliphatic rings. The Morgan fingerprint density at radius 2 is 1.61 bits per heavy atom. The minimum Gasteiger partial charge on any atom is -0.355 e. The third kappa shape index (κ3) is 9.23. The molecule has 3 N–H and O–H groups in total. The number of aliphatic imine (C=N–C) groups is 1.